The van der Waals surface area contributed by atoms with Gasteiger partial charge in [-0.3, -0.25) is 9.10 Å². The highest BCUT2D eigenvalue weighted by Crippen LogP contribution is 2.28. The number of para-hydroxylation sites is 1. The third kappa shape index (κ3) is 5.09. The Morgan fingerprint density at radius 2 is 1.55 bits per heavy atom. The van der Waals surface area contributed by atoms with Gasteiger partial charge in [0.1, 0.15) is 17.5 Å². The number of rotatable bonds is 7. The minimum Gasteiger partial charge on any atom is -0.457 e. The van der Waals surface area contributed by atoms with Crippen LogP contribution in [0.4, 0.5) is 5.69 Å². The molecule has 7 heteroatoms. The molecule has 1 atom stereocenters. The van der Waals surface area contributed by atoms with Crippen molar-refractivity contribution < 1.29 is 17.9 Å². The SMILES string of the molecule is CC(C(=O)N(C)C1CCCC1)N(c1ccc(Oc2ccccc2)cc1)S(C)(=O)=O. The smallest absolute Gasteiger partial charge is 0.246 e. The van der Waals surface area contributed by atoms with E-state index < -0.39 is 16.1 Å². The first-order valence-electron chi connectivity index (χ1n) is 9.86. The molecule has 0 radical (unpaired) electrons. The first-order valence-corrected chi connectivity index (χ1v) is 11.7. The maximum atomic E-state index is 13.0. The zero-order valence-electron chi connectivity index (χ0n) is 17.1. The normalized spacial score (nSPS) is 15.7. The molecule has 1 saturated carbocycles. The van der Waals surface area contributed by atoms with E-state index in [1.165, 1.54) is 4.31 Å². The van der Waals surface area contributed by atoms with Crippen LogP contribution >= 0.6 is 0 Å². The first-order chi connectivity index (χ1) is 13.8. The molecule has 0 aliphatic heterocycles. The van der Waals surface area contributed by atoms with Crippen molar-refractivity contribution in [3.63, 3.8) is 0 Å². The largest absolute Gasteiger partial charge is 0.457 e. The van der Waals surface area contributed by atoms with E-state index in [9.17, 15) is 13.2 Å². The third-order valence-corrected chi connectivity index (χ3v) is 6.60. The van der Waals surface area contributed by atoms with Crippen LogP contribution in [0.15, 0.2) is 54.6 Å². The number of nitrogens with zero attached hydrogens (tertiary/aromatic N) is 2. The quantitative estimate of drug-likeness (QED) is 0.683. The van der Waals surface area contributed by atoms with Gasteiger partial charge in [-0.25, -0.2) is 8.42 Å². The zero-order valence-corrected chi connectivity index (χ0v) is 17.9. The summed E-state index contributed by atoms with van der Waals surface area (Å²) in [6.07, 6.45) is 5.28. The van der Waals surface area contributed by atoms with Crippen LogP contribution in [0.1, 0.15) is 32.6 Å². The van der Waals surface area contributed by atoms with Crippen LogP contribution in [0.3, 0.4) is 0 Å². The number of carbonyl (C=O) groups excluding carboxylic acids is 1. The maximum Gasteiger partial charge on any atom is 0.246 e. The lowest BCUT2D eigenvalue weighted by Crippen LogP contribution is -2.50. The number of anilines is 1. The summed E-state index contributed by atoms with van der Waals surface area (Å²) in [6.45, 7) is 1.64. The van der Waals surface area contributed by atoms with E-state index in [0.717, 1.165) is 31.9 Å². The van der Waals surface area contributed by atoms with Gasteiger partial charge in [-0.2, -0.15) is 0 Å². The van der Waals surface area contributed by atoms with E-state index in [2.05, 4.69) is 0 Å². The lowest BCUT2D eigenvalue weighted by atomic mass is 10.2. The minimum absolute atomic E-state index is 0.188. The fourth-order valence-electron chi connectivity index (χ4n) is 3.85. The summed E-state index contributed by atoms with van der Waals surface area (Å²) in [6, 6.07) is 15.5. The summed E-state index contributed by atoms with van der Waals surface area (Å²) < 4.78 is 32.0. The molecule has 1 aliphatic carbocycles. The zero-order chi connectivity index (χ0) is 21.0. The number of hydrogen-bond acceptors (Lipinski definition) is 4. The van der Waals surface area contributed by atoms with Crippen LogP contribution in [-0.2, 0) is 14.8 Å². The third-order valence-electron chi connectivity index (χ3n) is 5.36. The molecular weight excluding hydrogens is 388 g/mol. The van der Waals surface area contributed by atoms with Crippen molar-refractivity contribution in [1.29, 1.82) is 0 Å². The number of likely N-dealkylation sites (N-methyl/N-ethyl adjacent to an activating group) is 1. The Morgan fingerprint density at radius 3 is 2.10 bits per heavy atom. The van der Waals surface area contributed by atoms with Gasteiger partial charge in [-0.1, -0.05) is 31.0 Å². The molecule has 1 unspecified atom stereocenters. The van der Waals surface area contributed by atoms with Crippen molar-refractivity contribution >= 4 is 21.6 Å². The van der Waals surface area contributed by atoms with Crippen LogP contribution in [-0.4, -0.2) is 44.6 Å². The molecule has 0 spiro atoms. The van der Waals surface area contributed by atoms with E-state index in [-0.39, 0.29) is 11.9 Å². The van der Waals surface area contributed by atoms with Crippen molar-refractivity contribution in [3.05, 3.63) is 54.6 Å². The molecule has 0 N–H and O–H groups in total. The molecule has 2 aromatic rings. The molecule has 1 aliphatic rings. The fraction of sp³-hybridized carbons (Fsp3) is 0.409. The maximum absolute atomic E-state index is 13.0. The number of sulfonamides is 1. The van der Waals surface area contributed by atoms with Gasteiger partial charge in [-0.05, 0) is 56.2 Å². The molecule has 0 aromatic heterocycles. The van der Waals surface area contributed by atoms with Crippen molar-refractivity contribution in [2.45, 2.75) is 44.7 Å². The number of amides is 1. The summed E-state index contributed by atoms with van der Waals surface area (Å²) in [5.41, 5.74) is 0.439. The Bertz CT molecular complexity index is 923. The molecule has 1 amide bonds. The Kier molecular flexibility index (Phi) is 6.47. The van der Waals surface area contributed by atoms with E-state index in [4.69, 9.17) is 4.74 Å². The van der Waals surface area contributed by atoms with Crippen molar-refractivity contribution in [3.8, 4) is 11.5 Å². The molecule has 0 heterocycles. The Hall–Kier alpha value is -2.54. The van der Waals surface area contributed by atoms with Crippen molar-refractivity contribution in [1.82, 2.24) is 4.90 Å². The van der Waals surface area contributed by atoms with Gasteiger partial charge in [0.2, 0.25) is 15.9 Å². The predicted molar refractivity (Wildman–Crippen MR) is 115 cm³/mol. The molecule has 0 bridgehead atoms. The Morgan fingerprint density at radius 1 is 1.00 bits per heavy atom. The second-order valence-corrected chi connectivity index (χ2v) is 9.39. The number of hydrogen-bond donors (Lipinski definition) is 0. The summed E-state index contributed by atoms with van der Waals surface area (Å²) in [5.74, 6) is 1.10. The molecule has 6 nitrogen and oxygen atoms in total. The van der Waals surface area contributed by atoms with Gasteiger partial charge in [0, 0.05) is 13.1 Å². The van der Waals surface area contributed by atoms with Gasteiger partial charge in [0.05, 0.1) is 11.9 Å². The predicted octanol–water partition coefficient (Wildman–Crippen LogP) is 4.03. The van der Waals surface area contributed by atoms with E-state index in [1.807, 2.05) is 30.3 Å². The highest BCUT2D eigenvalue weighted by Gasteiger charge is 2.33. The summed E-state index contributed by atoms with van der Waals surface area (Å²) >= 11 is 0. The van der Waals surface area contributed by atoms with Crippen LogP contribution in [0, 0.1) is 0 Å². The van der Waals surface area contributed by atoms with Crippen molar-refractivity contribution in [2.24, 2.45) is 0 Å². The standard InChI is InChI=1S/C22H28N2O4S/c1-17(22(25)23(2)18-9-7-8-10-18)24(29(3,26)27)19-13-15-21(16-14-19)28-20-11-5-4-6-12-20/h4-6,11-18H,7-10H2,1-3H3. The van der Waals surface area contributed by atoms with Gasteiger partial charge in [0.15, 0.2) is 0 Å². The van der Waals surface area contributed by atoms with Gasteiger partial charge < -0.3 is 9.64 Å². The Labute approximate surface area is 173 Å². The molecule has 156 valence electrons. The van der Waals surface area contributed by atoms with Gasteiger partial charge in [-0.15, -0.1) is 0 Å². The van der Waals surface area contributed by atoms with Crippen LogP contribution in [0.5, 0.6) is 11.5 Å². The summed E-state index contributed by atoms with van der Waals surface area (Å²) in [5, 5.41) is 0. The van der Waals surface area contributed by atoms with Gasteiger partial charge in [0.25, 0.3) is 0 Å². The van der Waals surface area contributed by atoms with E-state index >= 15 is 0 Å². The number of benzene rings is 2. The van der Waals surface area contributed by atoms with Crippen LogP contribution < -0.4 is 9.04 Å². The number of carbonyl (C=O) groups is 1. The lowest BCUT2D eigenvalue weighted by molar-refractivity contribution is -0.132. The van der Waals surface area contributed by atoms with Crippen LogP contribution in [0.25, 0.3) is 0 Å². The fourth-order valence-corrected chi connectivity index (χ4v) is 5.02. The van der Waals surface area contributed by atoms with Crippen molar-refractivity contribution in [2.75, 3.05) is 17.6 Å². The van der Waals surface area contributed by atoms with E-state index in [0.29, 0.717) is 17.2 Å². The highest BCUT2D eigenvalue weighted by atomic mass is 32.2. The second-order valence-electron chi connectivity index (χ2n) is 7.53. The molecule has 0 saturated heterocycles. The van der Waals surface area contributed by atoms with E-state index in [1.54, 1.807) is 43.1 Å². The molecule has 29 heavy (non-hydrogen) atoms. The number of ether oxygens (including phenoxy) is 1. The monoisotopic (exact) mass is 416 g/mol. The lowest BCUT2D eigenvalue weighted by Gasteiger charge is -2.33. The Balaban J connectivity index is 1.80. The summed E-state index contributed by atoms with van der Waals surface area (Å²) in [4.78, 5) is 14.7. The summed E-state index contributed by atoms with van der Waals surface area (Å²) in [7, 11) is -1.88. The average Bonchev–Trinajstić information content (AvgIpc) is 3.23. The van der Waals surface area contributed by atoms with Gasteiger partial charge >= 0.3 is 0 Å². The minimum atomic E-state index is -3.65. The highest BCUT2D eigenvalue weighted by molar-refractivity contribution is 7.92. The molecular formula is C22H28N2O4S. The molecule has 1 fully saturated rings. The first kappa shape index (κ1) is 21.2. The second kappa shape index (κ2) is 8.86. The molecule has 2 aromatic carbocycles. The van der Waals surface area contributed by atoms with Crippen LogP contribution in [0.2, 0.25) is 0 Å². The molecule has 3 rings (SSSR count). The topological polar surface area (TPSA) is 66.9 Å². The average molecular weight is 417 g/mol.